The average Bonchev–Trinajstić information content (AvgIpc) is 3.83. The number of unbranched alkanes of at least 4 members (excludes halogenated alkanes) is 7. The number of rotatable bonds is 38. The van der Waals surface area contributed by atoms with Crippen molar-refractivity contribution in [1.29, 1.82) is 0 Å². The summed E-state index contributed by atoms with van der Waals surface area (Å²) in [6.07, 6.45) is 23.5. The molecule has 84 heavy (non-hydrogen) atoms. The van der Waals surface area contributed by atoms with Crippen molar-refractivity contribution in [2.24, 2.45) is 9.98 Å². The monoisotopic (exact) mass is 1250 g/mol. The third kappa shape index (κ3) is 25.9. The van der Waals surface area contributed by atoms with Gasteiger partial charge in [-0.3, -0.25) is 14.6 Å². The molecule has 0 bridgehead atoms. The number of quaternary nitrogens is 2. The summed E-state index contributed by atoms with van der Waals surface area (Å²) in [4.78, 5) is 39.0. The topological polar surface area (TPSA) is 200 Å². The van der Waals surface area contributed by atoms with Gasteiger partial charge in [-0.25, -0.2) is 18.4 Å². The Balaban J connectivity index is 0.00000924. The van der Waals surface area contributed by atoms with Gasteiger partial charge in [0.1, 0.15) is 29.8 Å². The van der Waals surface area contributed by atoms with Crippen LogP contribution in [0.4, 0.5) is 11.4 Å². The van der Waals surface area contributed by atoms with Gasteiger partial charge in [0.05, 0.1) is 88.9 Å². The Hall–Kier alpha value is -1.30. The first-order valence-electron chi connectivity index (χ1n) is 29.9. The van der Waals surface area contributed by atoms with Crippen LogP contribution in [0.2, 0.25) is 0 Å². The molecule has 0 radical (unpaired) electrons. The van der Waals surface area contributed by atoms with Gasteiger partial charge in [-0.15, -0.1) is 0 Å². The van der Waals surface area contributed by atoms with E-state index in [4.69, 9.17) is 4.74 Å². The van der Waals surface area contributed by atoms with Crippen molar-refractivity contribution in [2.45, 2.75) is 145 Å². The second kappa shape index (κ2) is 39.1. The van der Waals surface area contributed by atoms with E-state index < -0.39 is 20.9 Å². The van der Waals surface area contributed by atoms with Crippen LogP contribution in [0.1, 0.15) is 135 Å². The molecule has 0 aliphatic carbocycles. The minimum absolute atomic E-state index is 0. The fraction of sp³-hybridized carbons (Fsp3) is 0.645. The Morgan fingerprint density at radius 2 is 1.46 bits per heavy atom. The second-order valence-electron chi connectivity index (χ2n) is 24.5. The zero-order valence-corrected chi connectivity index (χ0v) is 60.9. The van der Waals surface area contributed by atoms with Gasteiger partial charge < -0.3 is 43.9 Å². The fourth-order valence-corrected chi connectivity index (χ4v) is 12.2. The van der Waals surface area contributed by atoms with E-state index in [1.165, 1.54) is 18.6 Å². The minimum atomic E-state index is -4.67. The SMILES string of the molecule is CN(C)CCCNC(=O)CCCCC[N+]1=C(/C=C/C=C/C=C2\N(CCCCCC(=O)NCCC[N+](C)(C)CCCCCCN=C=NCCC[N+]3(C)CCOCC3)c3ccc(S(=O)(=O)[O-])cc3C2(C)C)C(C)(C)c2cc(SOO[O-])ccc21.[K+].[K+]. The van der Waals surface area contributed by atoms with Gasteiger partial charge in [0.15, 0.2) is 5.71 Å². The van der Waals surface area contributed by atoms with E-state index in [2.05, 4.69) is 97.5 Å². The summed E-state index contributed by atoms with van der Waals surface area (Å²) >= 11 is 0.867. The maximum atomic E-state index is 12.9. The van der Waals surface area contributed by atoms with Crippen molar-refractivity contribution in [1.82, 2.24) is 15.5 Å². The predicted octanol–water partition coefficient (Wildman–Crippen LogP) is 2.37. The molecule has 456 valence electrons. The van der Waals surface area contributed by atoms with Crippen LogP contribution < -0.4 is 124 Å². The van der Waals surface area contributed by atoms with E-state index >= 15 is 0 Å². The maximum Gasteiger partial charge on any atom is 1.00 e. The molecule has 3 aliphatic heterocycles. The van der Waals surface area contributed by atoms with E-state index in [9.17, 15) is 27.8 Å². The molecular formula is C62H98K2N9O9S2+3. The largest absolute Gasteiger partial charge is 1.00 e. The molecule has 5 rings (SSSR count). The number of carbonyl (C=O) groups excluding carboxylic acids is 2. The van der Waals surface area contributed by atoms with Crippen LogP contribution >= 0.6 is 12.0 Å². The molecule has 0 unspecified atom stereocenters. The van der Waals surface area contributed by atoms with Gasteiger partial charge in [0.2, 0.25) is 17.5 Å². The van der Waals surface area contributed by atoms with E-state index in [0.29, 0.717) is 32.5 Å². The summed E-state index contributed by atoms with van der Waals surface area (Å²) in [7, 11) is 6.21. The van der Waals surface area contributed by atoms with E-state index in [-0.39, 0.29) is 119 Å². The van der Waals surface area contributed by atoms with Crippen LogP contribution in [-0.2, 0) is 44.6 Å². The normalized spacial score (nSPS) is 16.6. The molecule has 0 aromatic heterocycles. The molecule has 18 nitrogen and oxygen atoms in total. The molecule has 2 amide bonds. The van der Waals surface area contributed by atoms with Crippen molar-refractivity contribution in [3.63, 3.8) is 0 Å². The number of aliphatic imine (C=N–C) groups is 2. The number of likely N-dealkylation sites (N-methyl/N-ethyl adjacent to an activating group) is 1. The summed E-state index contributed by atoms with van der Waals surface area (Å²) in [6.45, 7) is 20.8. The Kier molecular flexibility index (Phi) is 35.8. The molecule has 22 heteroatoms. The molecular weight excluding hydrogens is 1160 g/mol. The van der Waals surface area contributed by atoms with E-state index in [1.807, 2.05) is 64.4 Å². The standard InChI is InChI=1S/C62H97N9O9S2.2K/c1-61(2)53-48-51(81-80-79-74)30-32-55(53)68(39-20-13-17-28-59(72)65-36-23-38-67(5)6)57(61)26-15-12-16-27-58-62(3,4)54-49-52(82(75,76)77)31-33-56(54)69(58)40-21-14-18-29-60(73)66-37-25-42-70(7,8)41-22-11-10-19-34-63-50-64-35-24-43-71(9)44-46-78-47-45-71;;/h12,15-16,26-27,30-33,48-49H,10-11,13-14,17-25,28-29,34-47H2,1-9H3,(H-3,65,66,72,73,74,75,76,77);;/q;2*+1/p+1. The first kappa shape index (κ1) is 76.9. The first-order chi connectivity index (χ1) is 39.1. The van der Waals surface area contributed by atoms with Crippen LogP contribution in [0.25, 0.3) is 0 Å². The molecule has 2 N–H and O–H groups in total. The summed E-state index contributed by atoms with van der Waals surface area (Å²) in [5.74, 6) is 0.153. The number of nitrogens with one attached hydrogen (secondary N) is 2. The number of hydrogen-bond acceptors (Lipinski definition) is 14. The Morgan fingerprint density at radius 3 is 2.14 bits per heavy atom. The quantitative estimate of drug-likeness (QED) is 0.00953. The third-order valence-corrected chi connectivity index (χ3v) is 17.7. The van der Waals surface area contributed by atoms with E-state index in [1.54, 1.807) is 6.07 Å². The number of anilines is 1. The van der Waals surface area contributed by atoms with Gasteiger partial charge in [0, 0.05) is 97.7 Å². The maximum absolute atomic E-state index is 12.9. The second-order valence-corrected chi connectivity index (χ2v) is 26.7. The molecule has 2 aromatic rings. The number of allylic oxidation sites excluding steroid dienone is 6. The van der Waals surface area contributed by atoms with E-state index in [0.717, 1.165) is 209 Å². The van der Waals surface area contributed by atoms with Crippen molar-refractivity contribution in [3.8, 4) is 0 Å². The average molecular weight is 1260 g/mol. The van der Waals surface area contributed by atoms with Crippen molar-refractivity contribution < 1.29 is 158 Å². The van der Waals surface area contributed by atoms with Gasteiger partial charge in [-0.2, -0.15) is 8.91 Å². The van der Waals surface area contributed by atoms with Crippen LogP contribution in [0.3, 0.4) is 0 Å². The summed E-state index contributed by atoms with van der Waals surface area (Å²) in [6, 6.07) is 13.5. The van der Waals surface area contributed by atoms with Crippen molar-refractivity contribution >= 4 is 57.1 Å². The molecule has 3 aliphatic rings. The number of ether oxygens (including phenoxy) is 1. The fourth-order valence-electron chi connectivity index (χ4n) is 11.3. The number of nitrogens with zero attached hydrogens (tertiary/aromatic N) is 7. The zero-order valence-electron chi connectivity index (χ0n) is 53.0. The molecule has 3 heterocycles. The zero-order chi connectivity index (χ0) is 59.7. The van der Waals surface area contributed by atoms with Crippen LogP contribution in [-0.4, -0.2) is 182 Å². The number of amides is 2. The minimum Gasteiger partial charge on any atom is -0.744 e. The van der Waals surface area contributed by atoms with Crippen molar-refractivity contribution in [2.75, 3.05) is 132 Å². The number of benzene rings is 2. The first-order valence-corrected chi connectivity index (χ1v) is 32.1. The molecule has 0 spiro atoms. The van der Waals surface area contributed by atoms with Gasteiger partial charge >= 0.3 is 103 Å². The summed E-state index contributed by atoms with van der Waals surface area (Å²) in [5.41, 5.74) is 4.83. The van der Waals surface area contributed by atoms with Gasteiger partial charge in [0.25, 0.3) is 0 Å². The van der Waals surface area contributed by atoms with Crippen molar-refractivity contribution in [3.05, 3.63) is 83.6 Å². The Morgan fingerprint density at radius 1 is 0.821 bits per heavy atom. The van der Waals surface area contributed by atoms with Gasteiger partial charge in [-0.1, -0.05) is 44.9 Å². The Bertz CT molecular complexity index is 2690. The number of morpholine rings is 1. The van der Waals surface area contributed by atoms with Gasteiger partial charge in [-0.05, 0) is 128 Å². The molecule has 1 fully saturated rings. The predicted molar refractivity (Wildman–Crippen MR) is 325 cm³/mol. The summed E-state index contributed by atoms with van der Waals surface area (Å²) < 4.78 is 51.1. The molecule has 0 atom stereocenters. The number of hydrogen-bond donors (Lipinski definition) is 2. The molecule has 0 saturated carbocycles. The van der Waals surface area contributed by atoms with Crippen LogP contribution in [0.15, 0.2) is 92.3 Å². The molecule has 2 aromatic carbocycles. The number of carbonyl (C=O) groups is 2. The smallest absolute Gasteiger partial charge is 0.744 e. The summed E-state index contributed by atoms with van der Waals surface area (Å²) in [5, 5.41) is 20.5. The number of fused-ring (bicyclic) bond motifs is 2. The third-order valence-electron chi connectivity index (χ3n) is 16.3. The Labute approximate surface area is 593 Å². The van der Waals surface area contributed by atoms with Crippen LogP contribution in [0.5, 0.6) is 0 Å². The van der Waals surface area contributed by atoms with Crippen LogP contribution in [0, 0.1) is 0 Å². The molecule has 1 saturated heterocycles.